The summed E-state index contributed by atoms with van der Waals surface area (Å²) in [5.41, 5.74) is 0.943. The number of hydrogen-bond donors (Lipinski definition) is 1. The fraction of sp³-hybridized carbons (Fsp3) is 0.222. The summed E-state index contributed by atoms with van der Waals surface area (Å²) in [6, 6.07) is 10.6. The molecule has 2 aromatic heterocycles. The van der Waals surface area contributed by atoms with Crippen LogP contribution in [0.1, 0.15) is 10.4 Å². The lowest BCUT2D eigenvalue weighted by molar-refractivity contribution is 0.0948. The summed E-state index contributed by atoms with van der Waals surface area (Å²) < 4.78 is 7.96. The van der Waals surface area contributed by atoms with Crippen LogP contribution in [0, 0.1) is 0 Å². The number of ether oxygens (including phenoxy) is 1. The summed E-state index contributed by atoms with van der Waals surface area (Å²) in [7, 11) is 3.17. The maximum Gasteiger partial charge on any atom is 0.345 e. The number of nitrogens with zero attached hydrogens (tertiary/aromatic N) is 4. The minimum atomic E-state index is -0.265. The molecule has 0 radical (unpaired) electrons. The van der Waals surface area contributed by atoms with Crippen LogP contribution in [0.5, 0.6) is 5.75 Å². The van der Waals surface area contributed by atoms with Crippen LogP contribution in [0.25, 0.3) is 11.4 Å². The first-order valence-corrected chi connectivity index (χ1v) is 8.07. The van der Waals surface area contributed by atoms with Crippen molar-refractivity contribution in [2.75, 3.05) is 13.7 Å². The molecule has 0 aliphatic carbocycles. The smallest absolute Gasteiger partial charge is 0.345 e. The number of amides is 1. The minimum absolute atomic E-state index is 0.254. The highest BCUT2D eigenvalue weighted by Gasteiger charge is 2.14. The third kappa shape index (κ3) is 3.49. The Morgan fingerprint density at radius 1 is 1.23 bits per heavy atom. The van der Waals surface area contributed by atoms with E-state index >= 15 is 0 Å². The van der Waals surface area contributed by atoms with Gasteiger partial charge in [0.15, 0.2) is 5.82 Å². The molecule has 0 aliphatic rings. The molecule has 1 amide bonds. The number of benzene rings is 1. The molecule has 1 aromatic carbocycles. The van der Waals surface area contributed by atoms with Crippen molar-refractivity contribution in [1.29, 1.82) is 0 Å². The fourth-order valence-electron chi connectivity index (χ4n) is 2.58. The quantitative estimate of drug-likeness (QED) is 0.716. The van der Waals surface area contributed by atoms with Crippen molar-refractivity contribution in [3.63, 3.8) is 0 Å². The van der Waals surface area contributed by atoms with Crippen LogP contribution < -0.4 is 15.7 Å². The van der Waals surface area contributed by atoms with Crippen LogP contribution in [0.4, 0.5) is 0 Å². The van der Waals surface area contributed by atoms with Gasteiger partial charge in [0.25, 0.3) is 5.91 Å². The largest absolute Gasteiger partial charge is 0.496 e. The molecule has 0 bridgehead atoms. The average molecular weight is 353 g/mol. The molecule has 0 spiro atoms. The van der Waals surface area contributed by atoms with Crippen molar-refractivity contribution in [3.05, 3.63) is 64.8 Å². The van der Waals surface area contributed by atoms with Crippen molar-refractivity contribution in [2.45, 2.75) is 6.54 Å². The number of nitrogens with one attached hydrogen (secondary N) is 1. The lowest BCUT2D eigenvalue weighted by atomic mass is 10.2. The van der Waals surface area contributed by atoms with Gasteiger partial charge in [-0.05, 0) is 24.3 Å². The lowest BCUT2D eigenvalue weighted by Crippen LogP contribution is -2.31. The van der Waals surface area contributed by atoms with Gasteiger partial charge in [-0.15, -0.1) is 5.10 Å². The second-order valence-electron chi connectivity index (χ2n) is 5.59. The molecular formula is C18H19N5O3. The zero-order valence-corrected chi connectivity index (χ0v) is 14.5. The third-order valence-corrected chi connectivity index (χ3v) is 3.92. The fourth-order valence-corrected chi connectivity index (χ4v) is 2.58. The summed E-state index contributed by atoms with van der Waals surface area (Å²) in [5, 5.41) is 7.11. The van der Waals surface area contributed by atoms with Crippen molar-refractivity contribution in [2.24, 2.45) is 7.05 Å². The molecule has 0 fully saturated rings. The van der Waals surface area contributed by atoms with E-state index in [9.17, 15) is 9.59 Å². The van der Waals surface area contributed by atoms with Gasteiger partial charge in [0.2, 0.25) is 0 Å². The predicted molar refractivity (Wildman–Crippen MR) is 96.0 cm³/mol. The van der Waals surface area contributed by atoms with Crippen LogP contribution in [-0.4, -0.2) is 38.9 Å². The van der Waals surface area contributed by atoms with E-state index in [1.54, 1.807) is 49.8 Å². The van der Waals surface area contributed by atoms with Crippen LogP contribution >= 0.6 is 0 Å². The number of carbonyl (C=O) groups excluding carboxylic acids is 1. The zero-order valence-electron chi connectivity index (χ0n) is 14.5. The Morgan fingerprint density at radius 3 is 2.77 bits per heavy atom. The van der Waals surface area contributed by atoms with E-state index in [2.05, 4.69) is 15.4 Å². The first-order chi connectivity index (χ1) is 12.6. The van der Waals surface area contributed by atoms with Crippen molar-refractivity contribution in [3.8, 4) is 17.1 Å². The topological polar surface area (TPSA) is 91.0 Å². The predicted octanol–water partition coefficient (Wildman–Crippen LogP) is 1.08. The average Bonchev–Trinajstić information content (AvgIpc) is 2.97. The van der Waals surface area contributed by atoms with Crippen LogP contribution in [0.15, 0.2) is 53.6 Å². The van der Waals surface area contributed by atoms with Crippen molar-refractivity contribution < 1.29 is 9.53 Å². The standard InChI is InChI=1S/C18H19N5O3/c1-22-16(13-6-5-9-19-12-13)21-23(18(22)25)11-10-20-17(24)14-7-3-4-8-15(14)26-2/h3-9,12H,10-11H2,1-2H3,(H,20,24). The summed E-state index contributed by atoms with van der Waals surface area (Å²) in [6.45, 7) is 0.522. The number of hydrogen-bond acceptors (Lipinski definition) is 5. The zero-order chi connectivity index (χ0) is 18.5. The van der Waals surface area contributed by atoms with Gasteiger partial charge in [-0.25, -0.2) is 9.48 Å². The molecule has 3 aromatic rings. The molecular weight excluding hydrogens is 334 g/mol. The molecule has 0 unspecified atom stereocenters. The highest BCUT2D eigenvalue weighted by Crippen LogP contribution is 2.16. The highest BCUT2D eigenvalue weighted by atomic mass is 16.5. The first-order valence-electron chi connectivity index (χ1n) is 8.07. The molecule has 2 heterocycles. The highest BCUT2D eigenvalue weighted by molar-refractivity contribution is 5.96. The Hall–Kier alpha value is -3.42. The minimum Gasteiger partial charge on any atom is -0.496 e. The maximum absolute atomic E-state index is 12.3. The molecule has 0 atom stereocenters. The van der Waals surface area contributed by atoms with Crippen LogP contribution in [0.3, 0.4) is 0 Å². The molecule has 8 nitrogen and oxygen atoms in total. The van der Waals surface area contributed by atoms with Gasteiger partial charge in [0.1, 0.15) is 5.75 Å². The number of carbonyl (C=O) groups is 1. The van der Waals surface area contributed by atoms with Gasteiger partial charge in [-0.1, -0.05) is 12.1 Å². The Bertz CT molecular complexity index is 962. The second-order valence-corrected chi connectivity index (χ2v) is 5.59. The van der Waals surface area contributed by atoms with E-state index in [-0.39, 0.29) is 24.7 Å². The Labute approximate surface area is 150 Å². The molecule has 8 heteroatoms. The summed E-state index contributed by atoms with van der Waals surface area (Å²) >= 11 is 0. The normalized spacial score (nSPS) is 10.5. The summed E-state index contributed by atoms with van der Waals surface area (Å²) in [6.07, 6.45) is 3.31. The van der Waals surface area contributed by atoms with Crippen LogP contribution in [-0.2, 0) is 13.6 Å². The molecule has 1 N–H and O–H groups in total. The number of aromatic nitrogens is 4. The molecule has 0 aliphatic heterocycles. The van der Waals surface area contributed by atoms with Gasteiger partial charge >= 0.3 is 5.69 Å². The van der Waals surface area contributed by atoms with E-state index < -0.39 is 0 Å². The molecule has 0 saturated heterocycles. The van der Waals surface area contributed by atoms with E-state index in [1.807, 2.05) is 6.07 Å². The van der Waals surface area contributed by atoms with E-state index in [4.69, 9.17) is 4.74 Å². The molecule has 3 rings (SSSR count). The van der Waals surface area contributed by atoms with Gasteiger partial charge in [0, 0.05) is 31.5 Å². The second kappa shape index (κ2) is 7.64. The van der Waals surface area contributed by atoms with Crippen LogP contribution in [0.2, 0.25) is 0 Å². The van der Waals surface area contributed by atoms with Gasteiger partial charge in [-0.2, -0.15) is 0 Å². The Kier molecular flexibility index (Phi) is 5.12. The maximum atomic E-state index is 12.3. The Morgan fingerprint density at radius 2 is 2.04 bits per heavy atom. The first kappa shape index (κ1) is 17.4. The van der Waals surface area contributed by atoms with Gasteiger partial charge < -0.3 is 10.1 Å². The van der Waals surface area contributed by atoms with E-state index in [0.29, 0.717) is 17.1 Å². The van der Waals surface area contributed by atoms with Gasteiger partial charge in [-0.3, -0.25) is 14.3 Å². The molecule has 26 heavy (non-hydrogen) atoms. The molecule has 134 valence electrons. The third-order valence-electron chi connectivity index (χ3n) is 3.92. The number of para-hydroxylation sites is 1. The number of methoxy groups -OCH3 is 1. The number of pyridine rings is 1. The molecule has 0 saturated carbocycles. The van der Waals surface area contributed by atoms with Gasteiger partial charge in [0.05, 0.1) is 19.2 Å². The SMILES string of the molecule is COc1ccccc1C(=O)NCCn1nc(-c2cccnc2)n(C)c1=O. The van der Waals surface area contributed by atoms with Crippen molar-refractivity contribution in [1.82, 2.24) is 24.6 Å². The van der Waals surface area contributed by atoms with Crippen molar-refractivity contribution >= 4 is 5.91 Å². The Balaban J connectivity index is 1.69. The summed E-state index contributed by atoms with van der Waals surface area (Å²) in [4.78, 5) is 28.6. The summed E-state index contributed by atoms with van der Waals surface area (Å²) in [5.74, 6) is 0.761. The number of rotatable bonds is 6. The monoisotopic (exact) mass is 353 g/mol. The van der Waals surface area contributed by atoms with E-state index in [0.717, 1.165) is 5.56 Å². The lowest BCUT2D eigenvalue weighted by Gasteiger charge is -2.08. The van der Waals surface area contributed by atoms with E-state index in [1.165, 1.54) is 16.4 Å².